The molecule has 2 nitrogen and oxygen atoms in total. The number of nitrogens with zero attached hydrogens (tertiary/aromatic N) is 2. The quantitative estimate of drug-likeness (QED) is 0.564. The minimum Gasteiger partial charge on any atom is -0.330 e. The van der Waals surface area contributed by atoms with Gasteiger partial charge < -0.3 is 4.57 Å². The van der Waals surface area contributed by atoms with Crippen molar-refractivity contribution in [2.24, 2.45) is 0 Å². The van der Waals surface area contributed by atoms with Gasteiger partial charge in [0.1, 0.15) is 5.82 Å². The second-order valence-electron chi connectivity index (χ2n) is 7.97. The summed E-state index contributed by atoms with van der Waals surface area (Å²) in [5, 5.41) is 0. The first-order valence-electron chi connectivity index (χ1n) is 8.99. The van der Waals surface area contributed by atoms with E-state index < -0.39 is 0 Å². The average molecular weight is 369 g/mol. The number of rotatable bonds is 4. The van der Waals surface area contributed by atoms with Gasteiger partial charge in [0.2, 0.25) is 0 Å². The molecule has 3 heteroatoms. The molecular weight excluding hydrogens is 340 g/mol. The summed E-state index contributed by atoms with van der Waals surface area (Å²) in [5.41, 5.74) is 7.00. The van der Waals surface area contributed by atoms with Crippen LogP contribution in [0, 0.1) is 13.8 Å². The first-order valence-corrected chi connectivity index (χ1v) is 8.99. The molecule has 3 aromatic rings. The van der Waals surface area contributed by atoms with E-state index in [9.17, 15) is 0 Å². The van der Waals surface area contributed by atoms with Gasteiger partial charge in [0.25, 0.3) is 0 Å². The Morgan fingerprint density at radius 2 is 1.58 bits per heavy atom. The van der Waals surface area contributed by atoms with E-state index in [1.54, 1.807) is 0 Å². The molecule has 0 N–H and O–H groups in total. The molecule has 0 spiro atoms. The van der Waals surface area contributed by atoms with Gasteiger partial charge in [-0.2, -0.15) is 0 Å². The fraction of sp³-hybridized carbons (Fsp3) is 0.348. The Hall–Kier alpha value is -2.06. The molecule has 0 amide bonds. The predicted octanol–water partition coefficient (Wildman–Crippen LogP) is 5.86. The van der Waals surface area contributed by atoms with Crippen molar-refractivity contribution < 1.29 is 0 Å². The number of aryl methyl sites for hydroxylation is 2. The Bertz CT molecular complexity index is 834. The number of halogens is 1. The second-order valence-corrected chi connectivity index (χ2v) is 7.97. The molecule has 0 aliphatic rings. The summed E-state index contributed by atoms with van der Waals surface area (Å²) in [6.07, 6.45) is 4.87. The Balaban J connectivity index is 0.00000243. The van der Waals surface area contributed by atoms with Crippen molar-refractivity contribution in [1.82, 2.24) is 9.55 Å². The van der Waals surface area contributed by atoms with Gasteiger partial charge in [0, 0.05) is 25.4 Å². The molecule has 0 bridgehead atoms. The van der Waals surface area contributed by atoms with Crippen LogP contribution < -0.4 is 0 Å². The Labute approximate surface area is 163 Å². The van der Waals surface area contributed by atoms with Crippen LogP contribution in [-0.4, -0.2) is 9.55 Å². The molecule has 138 valence electrons. The van der Waals surface area contributed by atoms with Crippen LogP contribution in [0.4, 0.5) is 0 Å². The molecule has 0 saturated heterocycles. The third kappa shape index (κ3) is 4.56. The summed E-state index contributed by atoms with van der Waals surface area (Å²) in [6, 6.07) is 15.2. The molecule has 1 aromatic heterocycles. The first-order chi connectivity index (χ1) is 11.8. The molecule has 3 rings (SSSR count). The standard InChI is InChI=1S/C23H28N2.ClH/c1-17-13-20(23(3,4)5)14-18(2)21(17)15-22-24-11-12-25(22)16-19-9-7-6-8-10-19;/h6-14H,15-16H2,1-5H3;1H. The highest BCUT2D eigenvalue weighted by Crippen LogP contribution is 2.28. The summed E-state index contributed by atoms with van der Waals surface area (Å²) in [6.45, 7) is 12.1. The van der Waals surface area contributed by atoms with Gasteiger partial charge in [-0.25, -0.2) is 4.98 Å². The van der Waals surface area contributed by atoms with Crippen molar-refractivity contribution >= 4 is 12.4 Å². The van der Waals surface area contributed by atoms with E-state index in [0.29, 0.717) is 0 Å². The van der Waals surface area contributed by atoms with Gasteiger partial charge in [-0.15, -0.1) is 12.4 Å². The van der Waals surface area contributed by atoms with Gasteiger partial charge in [-0.1, -0.05) is 63.2 Å². The number of aromatic nitrogens is 2. The van der Waals surface area contributed by atoms with Crippen molar-refractivity contribution in [2.75, 3.05) is 0 Å². The molecule has 0 aliphatic carbocycles. The van der Waals surface area contributed by atoms with Crippen molar-refractivity contribution in [3.8, 4) is 0 Å². The fourth-order valence-electron chi connectivity index (χ4n) is 3.29. The van der Waals surface area contributed by atoms with Crippen LogP contribution in [0.25, 0.3) is 0 Å². The maximum absolute atomic E-state index is 4.62. The summed E-state index contributed by atoms with van der Waals surface area (Å²) in [4.78, 5) is 4.62. The molecule has 0 atom stereocenters. The number of benzene rings is 2. The Morgan fingerprint density at radius 1 is 0.962 bits per heavy atom. The molecule has 0 aliphatic heterocycles. The molecule has 2 aromatic carbocycles. The van der Waals surface area contributed by atoms with Gasteiger partial charge in [0.15, 0.2) is 0 Å². The Morgan fingerprint density at radius 3 is 2.15 bits per heavy atom. The van der Waals surface area contributed by atoms with E-state index in [1.165, 1.54) is 27.8 Å². The van der Waals surface area contributed by atoms with E-state index in [0.717, 1.165) is 18.8 Å². The van der Waals surface area contributed by atoms with E-state index in [4.69, 9.17) is 0 Å². The van der Waals surface area contributed by atoms with E-state index >= 15 is 0 Å². The first kappa shape index (κ1) is 20.3. The van der Waals surface area contributed by atoms with Crippen LogP contribution in [0.3, 0.4) is 0 Å². The lowest BCUT2D eigenvalue weighted by molar-refractivity contribution is 0.588. The topological polar surface area (TPSA) is 17.8 Å². The minimum atomic E-state index is 0. The smallest absolute Gasteiger partial charge is 0.113 e. The highest BCUT2D eigenvalue weighted by molar-refractivity contribution is 5.85. The predicted molar refractivity (Wildman–Crippen MR) is 112 cm³/mol. The summed E-state index contributed by atoms with van der Waals surface area (Å²) < 4.78 is 2.26. The van der Waals surface area contributed by atoms with Crippen molar-refractivity contribution in [2.45, 2.75) is 53.0 Å². The normalized spacial score (nSPS) is 11.3. The largest absolute Gasteiger partial charge is 0.330 e. The molecule has 1 heterocycles. The fourth-order valence-corrected chi connectivity index (χ4v) is 3.29. The summed E-state index contributed by atoms with van der Waals surface area (Å²) >= 11 is 0. The van der Waals surface area contributed by atoms with Crippen LogP contribution in [0.1, 0.15) is 54.4 Å². The van der Waals surface area contributed by atoms with Crippen LogP contribution in [-0.2, 0) is 18.4 Å². The molecule has 0 radical (unpaired) electrons. The summed E-state index contributed by atoms with van der Waals surface area (Å²) in [7, 11) is 0. The average Bonchev–Trinajstić information content (AvgIpc) is 2.97. The van der Waals surface area contributed by atoms with Crippen molar-refractivity contribution in [1.29, 1.82) is 0 Å². The third-order valence-electron chi connectivity index (χ3n) is 4.89. The SMILES string of the molecule is Cc1cc(C(C)(C)C)cc(C)c1Cc1nccn1Cc1ccccc1.Cl. The lowest BCUT2D eigenvalue weighted by atomic mass is 9.83. The maximum Gasteiger partial charge on any atom is 0.113 e. The zero-order valence-electron chi connectivity index (χ0n) is 16.4. The van der Waals surface area contributed by atoms with Crippen molar-refractivity contribution in [3.63, 3.8) is 0 Å². The number of hydrogen-bond donors (Lipinski definition) is 0. The number of hydrogen-bond acceptors (Lipinski definition) is 1. The maximum atomic E-state index is 4.62. The highest BCUT2D eigenvalue weighted by atomic mass is 35.5. The van der Waals surface area contributed by atoms with Crippen LogP contribution in [0.5, 0.6) is 0 Å². The lowest BCUT2D eigenvalue weighted by Gasteiger charge is -2.22. The third-order valence-corrected chi connectivity index (χ3v) is 4.89. The molecule has 0 unspecified atom stereocenters. The van der Waals surface area contributed by atoms with Gasteiger partial charge >= 0.3 is 0 Å². The van der Waals surface area contributed by atoms with Crippen molar-refractivity contribution in [3.05, 3.63) is 88.5 Å². The Kier molecular flexibility index (Phi) is 6.30. The van der Waals surface area contributed by atoms with E-state index in [1.807, 2.05) is 6.20 Å². The van der Waals surface area contributed by atoms with E-state index in [-0.39, 0.29) is 17.8 Å². The van der Waals surface area contributed by atoms with Crippen LogP contribution >= 0.6 is 12.4 Å². The zero-order chi connectivity index (χ0) is 18.0. The second kappa shape index (κ2) is 8.09. The summed E-state index contributed by atoms with van der Waals surface area (Å²) in [5.74, 6) is 1.12. The van der Waals surface area contributed by atoms with Gasteiger partial charge in [-0.3, -0.25) is 0 Å². The molecular formula is C23H29ClN2. The monoisotopic (exact) mass is 368 g/mol. The minimum absolute atomic E-state index is 0. The molecule has 0 saturated carbocycles. The zero-order valence-corrected chi connectivity index (χ0v) is 17.2. The van der Waals surface area contributed by atoms with Crippen LogP contribution in [0.2, 0.25) is 0 Å². The molecule has 0 fully saturated rings. The lowest BCUT2D eigenvalue weighted by Crippen LogP contribution is -2.13. The van der Waals surface area contributed by atoms with Crippen LogP contribution in [0.15, 0.2) is 54.9 Å². The highest BCUT2D eigenvalue weighted by Gasteiger charge is 2.17. The van der Waals surface area contributed by atoms with E-state index in [2.05, 4.69) is 92.8 Å². The molecule has 26 heavy (non-hydrogen) atoms. The van der Waals surface area contributed by atoms with Gasteiger partial charge in [0.05, 0.1) is 0 Å². The van der Waals surface area contributed by atoms with Gasteiger partial charge in [-0.05, 0) is 47.1 Å². The number of imidazole rings is 1.